The lowest BCUT2D eigenvalue weighted by atomic mass is 9.33. The molecule has 4 saturated carbocycles. The minimum Gasteiger partial charge on any atom is -0.462 e. The van der Waals surface area contributed by atoms with E-state index in [1.807, 2.05) is 13.8 Å². The summed E-state index contributed by atoms with van der Waals surface area (Å²) < 4.78 is 11.7. The number of rotatable bonds is 6. The van der Waals surface area contributed by atoms with E-state index in [9.17, 15) is 30.0 Å². The summed E-state index contributed by atoms with van der Waals surface area (Å²) in [5.41, 5.74) is -1.98. The van der Waals surface area contributed by atoms with Crippen LogP contribution < -0.4 is 0 Å². The predicted octanol–water partition coefficient (Wildman–Crippen LogP) is 5.28. The van der Waals surface area contributed by atoms with Crippen molar-refractivity contribution >= 4 is 11.9 Å². The van der Waals surface area contributed by atoms with Crippen molar-refractivity contribution in [2.24, 2.45) is 50.2 Å². The molecule has 0 aromatic carbocycles. The van der Waals surface area contributed by atoms with Crippen molar-refractivity contribution in [1.29, 1.82) is 0 Å². The maximum absolute atomic E-state index is 12.8. The highest BCUT2D eigenvalue weighted by atomic mass is 16.6. The summed E-state index contributed by atoms with van der Waals surface area (Å²) in [6.45, 7) is 16.3. The molecule has 0 spiro atoms. The van der Waals surface area contributed by atoms with Gasteiger partial charge in [-0.25, -0.2) is 9.59 Å². The molecule has 4 N–H and O–H groups in total. The van der Waals surface area contributed by atoms with Crippen molar-refractivity contribution in [1.82, 2.24) is 0 Å². The molecule has 8 heteroatoms. The minimum absolute atomic E-state index is 0.137. The molecular weight excluding hydrogens is 584 g/mol. The molecule has 0 aliphatic heterocycles. The van der Waals surface area contributed by atoms with E-state index >= 15 is 0 Å². The lowest BCUT2D eigenvalue weighted by molar-refractivity contribution is -0.263. The van der Waals surface area contributed by atoms with Gasteiger partial charge < -0.3 is 29.9 Å². The zero-order valence-corrected chi connectivity index (χ0v) is 29.2. The smallest absolute Gasteiger partial charge is 0.330 e. The van der Waals surface area contributed by atoms with Crippen LogP contribution in [0.25, 0.3) is 0 Å². The van der Waals surface area contributed by atoms with Gasteiger partial charge in [0.1, 0.15) is 6.10 Å². The van der Waals surface area contributed by atoms with Crippen molar-refractivity contribution in [3.05, 3.63) is 36.0 Å². The predicted molar refractivity (Wildman–Crippen MR) is 175 cm³/mol. The van der Waals surface area contributed by atoms with Crippen molar-refractivity contribution in [3.63, 3.8) is 0 Å². The summed E-state index contributed by atoms with van der Waals surface area (Å²) in [6.07, 6.45) is 9.63. The number of carbonyl (C=O) groups excluding carboxylic acids is 2. The Balaban J connectivity index is 1.57. The number of allylic oxidation sites excluding steroid dienone is 4. The molecule has 0 amide bonds. The Kier molecular flexibility index (Phi) is 9.10. The summed E-state index contributed by atoms with van der Waals surface area (Å²) in [4.78, 5) is 25.2. The third-order valence-electron chi connectivity index (χ3n) is 14.5. The van der Waals surface area contributed by atoms with E-state index in [4.69, 9.17) is 9.47 Å². The van der Waals surface area contributed by atoms with E-state index in [2.05, 4.69) is 33.8 Å². The Morgan fingerprint density at radius 2 is 1.54 bits per heavy atom. The molecule has 0 radical (unpaired) electrons. The molecule has 5 aliphatic rings. The van der Waals surface area contributed by atoms with Crippen LogP contribution in [0.1, 0.15) is 100 Å². The second kappa shape index (κ2) is 11.9. The summed E-state index contributed by atoms with van der Waals surface area (Å²) in [6, 6.07) is 0. The van der Waals surface area contributed by atoms with Crippen molar-refractivity contribution < 1.29 is 39.5 Å². The molecule has 0 saturated heterocycles. The largest absolute Gasteiger partial charge is 0.462 e. The molecule has 5 aliphatic carbocycles. The molecule has 0 heterocycles. The monoisotopic (exact) mass is 642 g/mol. The van der Waals surface area contributed by atoms with Crippen LogP contribution in [0.5, 0.6) is 0 Å². The topological polar surface area (TPSA) is 134 Å². The fourth-order valence-corrected chi connectivity index (χ4v) is 11.8. The first-order valence-electron chi connectivity index (χ1n) is 17.4. The summed E-state index contributed by atoms with van der Waals surface area (Å²) in [7, 11) is 0. The molecular formula is C38H58O8. The Morgan fingerprint density at radius 1 is 0.891 bits per heavy atom. The summed E-state index contributed by atoms with van der Waals surface area (Å²) in [5.74, 6) is -0.875. The SMILES string of the molecule is CC=CC(=O)OC[C@]1(C)C2CC[C@]3(C)C(CC=C4C5CC(C)(C)[C@@H](O)[C@H](OC(=O)C=CC)[C@]5(CO)[C@H](O)C[C@]43C)[C@@]2(C)CC[C@@H]1O. The van der Waals surface area contributed by atoms with Gasteiger partial charge >= 0.3 is 11.9 Å². The normalized spacial score (nSPS) is 48.1. The molecule has 0 aromatic heterocycles. The van der Waals surface area contributed by atoms with E-state index in [0.29, 0.717) is 19.3 Å². The van der Waals surface area contributed by atoms with Crippen LogP contribution in [-0.2, 0) is 19.1 Å². The van der Waals surface area contributed by atoms with Gasteiger partial charge in [0.15, 0.2) is 0 Å². The third-order valence-corrected chi connectivity index (χ3v) is 14.5. The maximum atomic E-state index is 12.8. The zero-order chi connectivity index (χ0) is 34.1. The highest BCUT2D eigenvalue weighted by Gasteiger charge is 2.73. The maximum Gasteiger partial charge on any atom is 0.330 e. The highest BCUT2D eigenvalue weighted by Crippen LogP contribution is 2.75. The number of carbonyl (C=O) groups is 2. The molecule has 0 aromatic rings. The van der Waals surface area contributed by atoms with Gasteiger partial charge in [0.05, 0.1) is 36.9 Å². The first-order valence-corrected chi connectivity index (χ1v) is 17.4. The van der Waals surface area contributed by atoms with Crippen LogP contribution >= 0.6 is 0 Å². The molecule has 3 unspecified atom stereocenters. The number of aliphatic hydroxyl groups excluding tert-OH is 4. The summed E-state index contributed by atoms with van der Waals surface area (Å²) >= 11 is 0. The minimum atomic E-state index is -1.23. The van der Waals surface area contributed by atoms with Crippen molar-refractivity contribution in [2.75, 3.05) is 13.2 Å². The number of fused-ring (bicyclic) bond motifs is 7. The van der Waals surface area contributed by atoms with Gasteiger partial charge in [0.25, 0.3) is 0 Å². The van der Waals surface area contributed by atoms with Gasteiger partial charge in [-0.15, -0.1) is 0 Å². The molecule has 12 atom stereocenters. The molecule has 46 heavy (non-hydrogen) atoms. The average molecular weight is 643 g/mol. The van der Waals surface area contributed by atoms with Crippen molar-refractivity contribution in [3.8, 4) is 0 Å². The van der Waals surface area contributed by atoms with Crippen LogP contribution in [0.4, 0.5) is 0 Å². The number of ether oxygens (including phenoxy) is 2. The molecule has 4 fully saturated rings. The van der Waals surface area contributed by atoms with E-state index in [0.717, 1.165) is 25.7 Å². The number of aliphatic hydroxyl groups is 4. The average Bonchev–Trinajstić information content (AvgIpc) is 2.97. The lowest BCUT2D eigenvalue weighted by Gasteiger charge is -2.72. The fraction of sp³-hybridized carbons (Fsp3) is 0.789. The number of hydrogen-bond acceptors (Lipinski definition) is 8. The van der Waals surface area contributed by atoms with Crippen molar-refractivity contribution in [2.45, 2.75) is 125 Å². The van der Waals surface area contributed by atoms with Crippen LogP contribution in [0.15, 0.2) is 36.0 Å². The van der Waals surface area contributed by atoms with Crippen LogP contribution in [0.3, 0.4) is 0 Å². The fourth-order valence-electron chi connectivity index (χ4n) is 11.8. The number of esters is 2. The molecule has 5 rings (SSSR count). The third kappa shape index (κ3) is 4.82. The van der Waals surface area contributed by atoms with E-state index < -0.39 is 58.7 Å². The van der Waals surface area contributed by atoms with Gasteiger partial charge in [-0.3, -0.25) is 0 Å². The standard InChI is InChI=1S/C38H58O8/c1-9-11-29(42)45-22-35(6)25-15-18-36(7)26(34(25,5)17-16-27(35)40)14-13-23-24-19-33(3,4)31(44)32(46-30(43)12-10-2)38(24,21-39)28(41)20-37(23,36)8/h9-13,24-28,31-32,39-41,44H,14-22H2,1-8H3/t24?,25?,26?,27-,28+,31-,32-,34-,35+,36+,37+,38-/m0/s1. The van der Waals surface area contributed by atoms with Gasteiger partial charge in [0.2, 0.25) is 0 Å². The van der Waals surface area contributed by atoms with Gasteiger partial charge in [0, 0.05) is 17.6 Å². The highest BCUT2D eigenvalue weighted by molar-refractivity contribution is 5.82. The zero-order valence-electron chi connectivity index (χ0n) is 29.2. The van der Waals surface area contributed by atoms with Crippen LogP contribution in [0, 0.1) is 50.2 Å². The Hall–Kier alpha value is -2.00. The van der Waals surface area contributed by atoms with E-state index in [1.165, 1.54) is 17.7 Å². The lowest BCUT2D eigenvalue weighted by Crippen LogP contribution is -2.72. The number of hydrogen-bond donors (Lipinski definition) is 4. The second-order valence-corrected chi connectivity index (χ2v) is 17.0. The van der Waals surface area contributed by atoms with E-state index in [-0.39, 0.29) is 41.2 Å². The van der Waals surface area contributed by atoms with Crippen LogP contribution in [-0.4, -0.2) is 70.0 Å². The summed E-state index contributed by atoms with van der Waals surface area (Å²) in [5, 5.41) is 46.4. The Morgan fingerprint density at radius 3 is 2.17 bits per heavy atom. The molecule has 8 nitrogen and oxygen atoms in total. The second-order valence-electron chi connectivity index (χ2n) is 17.0. The van der Waals surface area contributed by atoms with Gasteiger partial charge in [-0.1, -0.05) is 65.3 Å². The first kappa shape index (κ1) is 35.3. The van der Waals surface area contributed by atoms with Gasteiger partial charge in [-0.2, -0.15) is 0 Å². The first-order chi connectivity index (χ1) is 21.4. The van der Waals surface area contributed by atoms with E-state index in [1.54, 1.807) is 26.0 Å². The Labute approximate surface area is 275 Å². The quantitative estimate of drug-likeness (QED) is 0.175. The Bertz CT molecular complexity index is 1300. The molecule has 0 bridgehead atoms. The van der Waals surface area contributed by atoms with Crippen LogP contribution in [0.2, 0.25) is 0 Å². The molecule has 258 valence electrons. The van der Waals surface area contributed by atoms with Gasteiger partial charge in [-0.05, 0) is 98.2 Å².